The molecule has 4 rings (SSSR count). The minimum atomic E-state index is -0.450. The van der Waals surface area contributed by atoms with Crippen molar-refractivity contribution in [3.05, 3.63) is 114 Å². The van der Waals surface area contributed by atoms with Gasteiger partial charge < -0.3 is 5.11 Å². The van der Waals surface area contributed by atoms with Crippen LogP contribution in [0.1, 0.15) is 29.8 Å². The van der Waals surface area contributed by atoms with Crippen LogP contribution in [-0.4, -0.2) is 16.7 Å². The average molecular weight is 383 g/mol. The molecule has 0 amide bonds. The van der Waals surface area contributed by atoms with Crippen molar-refractivity contribution in [1.82, 2.24) is 10.3 Å². The number of aromatic nitrogens is 1. The highest BCUT2D eigenvalue weighted by Crippen LogP contribution is 2.29. The fourth-order valence-electron chi connectivity index (χ4n) is 3.90. The summed E-state index contributed by atoms with van der Waals surface area (Å²) in [5.74, 6) is 0. The number of hydrogen-bond donors (Lipinski definition) is 2. The zero-order chi connectivity index (χ0) is 20.1. The largest absolute Gasteiger partial charge is 0.394 e. The SMILES string of the molecule is C[C@@](Cc1ccccc1)(N[C@H](CO)c1ccccc1)c1ccc2ccccc2n1. The summed E-state index contributed by atoms with van der Waals surface area (Å²) in [6.07, 6.45) is 0.766. The molecule has 0 radical (unpaired) electrons. The summed E-state index contributed by atoms with van der Waals surface area (Å²) in [6, 6.07) is 32.7. The molecule has 3 heteroatoms. The van der Waals surface area contributed by atoms with Crippen molar-refractivity contribution in [2.45, 2.75) is 24.9 Å². The predicted molar refractivity (Wildman–Crippen MR) is 119 cm³/mol. The first-order chi connectivity index (χ1) is 14.2. The van der Waals surface area contributed by atoms with Gasteiger partial charge in [-0.15, -0.1) is 0 Å². The molecule has 0 aliphatic heterocycles. The number of para-hydroxylation sites is 1. The second-order valence-electron chi connectivity index (χ2n) is 7.67. The smallest absolute Gasteiger partial charge is 0.0706 e. The van der Waals surface area contributed by atoms with E-state index in [1.54, 1.807) is 0 Å². The molecule has 146 valence electrons. The van der Waals surface area contributed by atoms with Gasteiger partial charge in [-0.1, -0.05) is 84.9 Å². The van der Waals surface area contributed by atoms with Crippen LogP contribution in [0.2, 0.25) is 0 Å². The summed E-state index contributed by atoms with van der Waals surface area (Å²) < 4.78 is 0. The number of aliphatic hydroxyl groups excluding tert-OH is 1. The van der Waals surface area contributed by atoms with Crippen LogP contribution >= 0.6 is 0 Å². The zero-order valence-corrected chi connectivity index (χ0v) is 16.6. The highest BCUT2D eigenvalue weighted by molar-refractivity contribution is 5.78. The molecule has 2 atom stereocenters. The van der Waals surface area contributed by atoms with Crippen molar-refractivity contribution >= 4 is 10.9 Å². The van der Waals surface area contributed by atoms with E-state index in [0.717, 1.165) is 28.6 Å². The van der Waals surface area contributed by atoms with Gasteiger partial charge in [0.15, 0.2) is 0 Å². The minimum absolute atomic E-state index is 0.0158. The third kappa shape index (κ3) is 4.37. The predicted octanol–water partition coefficient (Wildman–Crippen LogP) is 5.02. The molecule has 1 aromatic heterocycles. The number of nitrogens with zero attached hydrogens (tertiary/aromatic N) is 1. The Morgan fingerprint density at radius 1 is 0.828 bits per heavy atom. The van der Waals surface area contributed by atoms with Gasteiger partial charge in [0, 0.05) is 5.39 Å². The molecule has 0 fully saturated rings. The van der Waals surface area contributed by atoms with E-state index in [9.17, 15) is 5.11 Å². The van der Waals surface area contributed by atoms with Crippen molar-refractivity contribution in [1.29, 1.82) is 0 Å². The summed E-state index contributed by atoms with van der Waals surface area (Å²) >= 11 is 0. The molecule has 0 aliphatic carbocycles. The van der Waals surface area contributed by atoms with E-state index in [1.807, 2.05) is 54.6 Å². The Bertz CT molecular complexity index is 1070. The van der Waals surface area contributed by atoms with E-state index in [1.165, 1.54) is 5.56 Å². The number of benzene rings is 3. The molecule has 3 aromatic carbocycles. The van der Waals surface area contributed by atoms with E-state index in [2.05, 4.69) is 54.7 Å². The van der Waals surface area contributed by atoms with E-state index in [0.29, 0.717) is 0 Å². The molecule has 2 N–H and O–H groups in total. The van der Waals surface area contributed by atoms with Gasteiger partial charge in [0.1, 0.15) is 0 Å². The third-order valence-electron chi connectivity index (χ3n) is 5.44. The van der Waals surface area contributed by atoms with Crippen LogP contribution in [0.5, 0.6) is 0 Å². The van der Waals surface area contributed by atoms with Crippen LogP contribution in [0.4, 0.5) is 0 Å². The fraction of sp³-hybridized carbons (Fsp3) is 0.192. The molecular formula is C26H26N2O. The lowest BCUT2D eigenvalue weighted by molar-refractivity contribution is 0.201. The van der Waals surface area contributed by atoms with Crippen LogP contribution in [0.15, 0.2) is 97.1 Å². The topological polar surface area (TPSA) is 45.1 Å². The lowest BCUT2D eigenvalue weighted by Crippen LogP contribution is -2.45. The first-order valence-corrected chi connectivity index (χ1v) is 10.0. The van der Waals surface area contributed by atoms with Crippen LogP contribution in [0.25, 0.3) is 10.9 Å². The quantitative estimate of drug-likeness (QED) is 0.472. The normalized spacial score (nSPS) is 14.4. The van der Waals surface area contributed by atoms with Gasteiger partial charge in [-0.25, -0.2) is 0 Å². The highest BCUT2D eigenvalue weighted by Gasteiger charge is 2.31. The van der Waals surface area contributed by atoms with Gasteiger partial charge in [0.05, 0.1) is 29.4 Å². The van der Waals surface area contributed by atoms with Gasteiger partial charge in [-0.05, 0) is 36.6 Å². The Labute approximate surface area is 172 Å². The molecule has 4 aromatic rings. The van der Waals surface area contributed by atoms with Gasteiger partial charge in [-0.2, -0.15) is 0 Å². The number of fused-ring (bicyclic) bond motifs is 1. The Morgan fingerprint density at radius 2 is 1.48 bits per heavy atom. The van der Waals surface area contributed by atoms with Crippen molar-refractivity contribution < 1.29 is 5.11 Å². The highest BCUT2D eigenvalue weighted by atomic mass is 16.3. The van der Waals surface area contributed by atoms with Gasteiger partial charge in [0.25, 0.3) is 0 Å². The molecule has 0 unspecified atom stereocenters. The van der Waals surface area contributed by atoms with Gasteiger partial charge in [0.2, 0.25) is 0 Å². The average Bonchev–Trinajstić information content (AvgIpc) is 2.78. The van der Waals surface area contributed by atoms with E-state index >= 15 is 0 Å². The van der Waals surface area contributed by atoms with Gasteiger partial charge in [-0.3, -0.25) is 10.3 Å². The summed E-state index contributed by atoms with van der Waals surface area (Å²) in [5.41, 5.74) is 3.78. The monoisotopic (exact) mass is 382 g/mol. The molecule has 0 aliphatic rings. The van der Waals surface area contributed by atoms with Crippen molar-refractivity contribution in [3.63, 3.8) is 0 Å². The summed E-state index contributed by atoms with van der Waals surface area (Å²) in [5, 5.41) is 15.0. The molecule has 1 heterocycles. The molecule has 0 saturated heterocycles. The number of nitrogens with one attached hydrogen (secondary N) is 1. The van der Waals surface area contributed by atoms with E-state index in [4.69, 9.17) is 4.98 Å². The summed E-state index contributed by atoms with van der Waals surface area (Å²) in [6.45, 7) is 2.19. The van der Waals surface area contributed by atoms with Crippen LogP contribution < -0.4 is 5.32 Å². The third-order valence-corrected chi connectivity index (χ3v) is 5.44. The molecule has 0 bridgehead atoms. The standard InChI is InChI=1S/C26H26N2O/c1-26(18-20-10-4-2-5-11-20,28-24(19-29)21-12-6-3-7-13-21)25-17-16-22-14-8-9-15-23(22)27-25/h2-17,24,28-29H,18-19H2,1H3/t24-,26+/m1/s1. The molecule has 29 heavy (non-hydrogen) atoms. The first-order valence-electron chi connectivity index (χ1n) is 10.0. The second-order valence-corrected chi connectivity index (χ2v) is 7.67. The number of rotatable bonds is 7. The van der Waals surface area contributed by atoms with Crippen molar-refractivity contribution in [2.75, 3.05) is 6.61 Å². The van der Waals surface area contributed by atoms with Crippen LogP contribution in [0.3, 0.4) is 0 Å². The zero-order valence-electron chi connectivity index (χ0n) is 16.6. The minimum Gasteiger partial charge on any atom is -0.394 e. The Kier molecular flexibility index (Phi) is 5.70. The Morgan fingerprint density at radius 3 is 2.21 bits per heavy atom. The first kappa shape index (κ1) is 19.3. The second kappa shape index (κ2) is 8.56. The van der Waals surface area contributed by atoms with Crippen molar-refractivity contribution in [3.8, 4) is 0 Å². The van der Waals surface area contributed by atoms with E-state index < -0.39 is 5.54 Å². The Hall–Kier alpha value is -3.01. The fourth-order valence-corrected chi connectivity index (χ4v) is 3.90. The lowest BCUT2D eigenvalue weighted by Gasteiger charge is -2.35. The number of hydrogen-bond acceptors (Lipinski definition) is 3. The Balaban J connectivity index is 1.75. The number of aliphatic hydroxyl groups is 1. The maximum atomic E-state index is 10.1. The van der Waals surface area contributed by atoms with E-state index in [-0.39, 0.29) is 12.6 Å². The molecule has 3 nitrogen and oxygen atoms in total. The van der Waals surface area contributed by atoms with Crippen LogP contribution in [0, 0.1) is 0 Å². The summed E-state index contributed by atoms with van der Waals surface area (Å²) in [7, 11) is 0. The maximum Gasteiger partial charge on any atom is 0.0706 e. The van der Waals surface area contributed by atoms with Crippen LogP contribution in [-0.2, 0) is 12.0 Å². The molecule has 0 saturated carbocycles. The summed E-state index contributed by atoms with van der Waals surface area (Å²) in [4.78, 5) is 4.98. The van der Waals surface area contributed by atoms with Gasteiger partial charge >= 0.3 is 0 Å². The molecule has 0 spiro atoms. The maximum absolute atomic E-state index is 10.1. The lowest BCUT2D eigenvalue weighted by atomic mass is 9.87. The van der Waals surface area contributed by atoms with Crippen molar-refractivity contribution in [2.24, 2.45) is 0 Å². The number of pyridine rings is 1. The molecular weight excluding hydrogens is 356 g/mol.